The normalized spacial score (nSPS) is 10.6. The van der Waals surface area contributed by atoms with Gasteiger partial charge in [0.2, 0.25) is 0 Å². The molecule has 22 heavy (non-hydrogen) atoms. The summed E-state index contributed by atoms with van der Waals surface area (Å²) < 4.78 is 14.2. The number of amides is 1. The Balaban J connectivity index is 1.95. The first-order valence-corrected chi connectivity index (χ1v) is 6.59. The number of rotatable bonds is 2. The van der Waals surface area contributed by atoms with Crippen molar-refractivity contribution in [2.24, 2.45) is 0 Å². The number of carbonyl (C=O) groups is 1. The smallest absolute Gasteiger partial charge is 0.281 e. The van der Waals surface area contributed by atoms with Crippen LogP contribution in [0.3, 0.4) is 0 Å². The second-order valence-electron chi connectivity index (χ2n) is 4.87. The van der Waals surface area contributed by atoms with Crippen molar-refractivity contribution in [1.29, 1.82) is 0 Å². The Morgan fingerprint density at radius 1 is 1.23 bits per heavy atom. The third kappa shape index (κ3) is 2.58. The molecule has 3 rings (SSSR count). The lowest BCUT2D eigenvalue weighted by Gasteiger charge is -2.07. The number of carbonyl (C=O) groups excluding carboxylic acids is 1. The number of nitrogens with one attached hydrogen (secondary N) is 1. The molecule has 2 aromatic heterocycles. The highest BCUT2D eigenvalue weighted by Crippen LogP contribution is 2.08. The van der Waals surface area contributed by atoms with Crippen molar-refractivity contribution < 1.29 is 9.18 Å². The molecule has 1 aromatic carbocycles. The summed E-state index contributed by atoms with van der Waals surface area (Å²) in [5.74, 6) is -0.926. The predicted molar refractivity (Wildman–Crippen MR) is 80.6 cm³/mol. The first kappa shape index (κ1) is 13.9. The number of nitrogens with zero attached hydrogens (tertiary/aromatic N) is 2. The van der Waals surface area contributed by atoms with Gasteiger partial charge < -0.3 is 5.32 Å². The van der Waals surface area contributed by atoms with E-state index in [1.54, 1.807) is 18.3 Å². The quantitative estimate of drug-likeness (QED) is 0.790. The van der Waals surface area contributed by atoms with Gasteiger partial charge in [-0.3, -0.25) is 14.0 Å². The van der Waals surface area contributed by atoms with Crippen molar-refractivity contribution >= 4 is 17.2 Å². The number of hydrogen-bond donors (Lipinski definition) is 1. The highest BCUT2D eigenvalue weighted by molar-refractivity contribution is 6.04. The van der Waals surface area contributed by atoms with Gasteiger partial charge in [0, 0.05) is 11.8 Å². The number of anilines is 1. The lowest BCUT2D eigenvalue weighted by atomic mass is 10.2. The van der Waals surface area contributed by atoms with E-state index in [4.69, 9.17) is 0 Å². The average Bonchev–Trinajstić information content (AvgIpc) is 2.50. The van der Waals surface area contributed by atoms with Crippen molar-refractivity contribution in [1.82, 2.24) is 9.38 Å². The number of fused-ring (bicyclic) bond motifs is 1. The van der Waals surface area contributed by atoms with Crippen molar-refractivity contribution in [3.05, 3.63) is 76.1 Å². The first-order chi connectivity index (χ1) is 10.5. The molecule has 0 fully saturated rings. The zero-order valence-corrected chi connectivity index (χ0v) is 11.7. The van der Waals surface area contributed by atoms with Gasteiger partial charge in [0.05, 0.1) is 6.20 Å². The molecule has 0 spiro atoms. The van der Waals surface area contributed by atoms with Crippen LogP contribution in [0.15, 0.2) is 53.6 Å². The van der Waals surface area contributed by atoms with E-state index in [-0.39, 0.29) is 16.8 Å². The molecule has 0 unspecified atom stereocenters. The topological polar surface area (TPSA) is 63.5 Å². The Labute approximate surface area is 125 Å². The summed E-state index contributed by atoms with van der Waals surface area (Å²) in [6, 6.07) is 8.61. The van der Waals surface area contributed by atoms with Gasteiger partial charge in [-0.05, 0) is 48.9 Å². The number of pyridine rings is 1. The second-order valence-corrected chi connectivity index (χ2v) is 4.87. The molecule has 0 aliphatic heterocycles. The van der Waals surface area contributed by atoms with Gasteiger partial charge in [-0.15, -0.1) is 0 Å². The van der Waals surface area contributed by atoms with E-state index in [1.807, 2.05) is 6.92 Å². The minimum atomic E-state index is -0.494. The van der Waals surface area contributed by atoms with E-state index < -0.39 is 11.7 Å². The first-order valence-electron chi connectivity index (χ1n) is 6.59. The molecule has 0 saturated carbocycles. The Bertz CT molecular complexity index is 917. The van der Waals surface area contributed by atoms with Gasteiger partial charge in [0.15, 0.2) is 0 Å². The van der Waals surface area contributed by atoms with Crippen LogP contribution in [0.2, 0.25) is 0 Å². The zero-order valence-electron chi connectivity index (χ0n) is 11.7. The lowest BCUT2D eigenvalue weighted by molar-refractivity contribution is 0.102. The highest BCUT2D eigenvalue weighted by Gasteiger charge is 2.10. The maximum Gasteiger partial charge on any atom is 0.281 e. The Hall–Kier alpha value is -3.02. The summed E-state index contributed by atoms with van der Waals surface area (Å²) in [6.45, 7) is 1.90. The van der Waals surface area contributed by atoms with Gasteiger partial charge in [0.1, 0.15) is 17.2 Å². The molecule has 3 aromatic rings. The standard InChI is InChI=1S/C16H12FN3O2/c1-10-6-7-20-14(8-10)18-9-13(16(20)22)19-15(21)11-2-4-12(17)5-3-11/h2-9H,1H3,(H,19,21). The van der Waals surface area contributed by atoms with Gasteiger partial charge >= 0.3 is 0 Å². The van der Waals surface area contributed by atoms with E-state index in [0.29, 0.717) is 5.65 Å². The van der Waals surface area contributed by atoms with Crippen molar-refractivity contribution in [3.8, 4) is 0 Å². The fraction of sp³-hybridized carbons (Fsp3) is 0.0625. The molecular formula is C16H12FN3O2. The molecule has 0 saturated heterocycles. The summed E-state index contributed by atoms with van der Waals surface area (Å²) in [7, 11) is 0. The number of benzene rings is 1. The fourth-order valence-electron chi connectivity index (χ4n) is 2.06. The Kier molecular flexibility index (Phi) is 3.42. The molecule has 0 bridgehead atoms. The monoisotopic (exact) mass is 297 g/mol. The molecule has 0 aliphatic rings. The maximum absolute atomic E-state index is 12.9. The van der Waals surface area contributed by atoms with Crippen LogP contribution < -0.4 is 10.9 Å². The summed E-state index contributed by atoms with van der Waals surface area (Å²) in [6.07, 6.45) is 2.92. The van der Waals surface area contributed by atoms with E-state index in [1.165, 1.54) is 34.9 Å². The van der Waals surface area contributed by atoms with Gasteiger partial charge in [-0.25, -0.2) is 9.37 Å². The molecule has 5 nitrogen and oxygen atoms in total. The Morgan fingerprint density at radius 2 is 1.95 bits per heavy atom. The summed E-state index contributed by atoms with van der Waals surface area (Å²) in [5.41, 5.74) is 1.44. The number of aryl methyl sites for hydroxylation is 1. The predicted octanol–water partition coefficient (Wildman–Crippen LogP) is 2.39. The third-order valence-corrected chi connectivity index (χ3v) is 3.22. The molecule has 2 heterocycles. The lowest BCUT2D eigenvalue weighted by Crippen LogP contribution is -2.23. The molecule has 110 valence electrons. The number of hydrogen-bond acceptors (Lipinski definition) is 3. The Morgan fingerprint density at radius 3 is 2.68 bits per heavy atom. The van der Waals surface area contributed by atoms with Crippen LogP contribution in [0, 0.1) is 12.7 Å². The summed E-state index contributed by atoms with van der Waals surface area (Å²) in [5, 5.41) is 2.50. The fourth-order valence-corrected chi connectivity index (χ4v) is 2.06. The van der Waals surface area contributed by atoms with Crippen molar-refractivity contribution in [3.63, 3.8) is 0 Å². The van der Waals surface area contributed by atoms with E-state index >= 15 is 0 Å². The van der Waals surface area contributed by atoms with E-state index in [2.05, 4.69) is 10.3 Å². The molecule has 0 radical (unpaired) electrons. The van der Waals surface area contributed by atoms with Crippen LogP contribution in [0.4, 0.5) is 10.1 Å². The van der Waals surface area contributed by atoms with Gasteiger partial charge in [-0.2, -0.15) is 0 Å². The molecule has 0 atom stereocenters. The molecule has 1 N–H and O–H groups in total. The number of aromatic nitrogens is 2. The van der Waals surface area contributed by atoms with Crippen LogP contribution in [0.1, 0.15) is 15.9 Å². The third-order valence-electron chi connectivity index (χ3n) is 3.22. The van der Waals surface area contributed by atoms with Crippen LogP contribution in [0.25, 0.3) is 5.65 Å². The van der Waals surface area contributed by atoms with E-state index in [9.17, 15) is 14.0 Å². The van der Waals surface area contributed by atoms with Crippen molar-refractivity contribution in [2.75, 3.05) is 5.32 Å². The number of halogens is 1. The summed E-state index contributed by atoms with van der Waals surface area (Å²) in [4.78, 5) is 28.5. The molecular weight excluding hydrogens is 285 g/mol. The zero-order chi connectivity index (χ0) is 15.7. The molecule has 0 aliphatic carbocycles. The van der Waals surface area contributed by atoms with Crippen molar-refractivity contribution in [2.45, 2.75) is 6.92 Å². The van der Waals surface area contributed by atoms with Crippen LogP contribution in [0.5, 0.6) is 0 Å². The SMILES string of the molecule is Cc1ccn2c(=O)c(NC(=O)c3ccc(F)cc3)cnc2c1. The van der Waals surface area contributed by atoms with Crippen LogP contribution in [-0.2, 0) is 0 Å². The van der Waals surface area contributed by atoms with Crippen LogP contribution in [-0.4, -0.2) is 15.3 Å². The maximum atomic E-state index is 12.9. The average molecular weight is 297 g/mol. The van der Waals surface area contributed by atoms with Crippen LogP contribution >= 0.6 is 0 Å². The minimum Gasteiger partial charge on any atom is -0.316 e. The highest BCUT2D eigenvalue weighted by atomic mass is 19.1. The minimum absolute atomic E-state index is 0.0654. The molecule has 6 heteroatoms. The van der Waals surface area contributed by atoms with Gasteiger partial charge in [-0.1, -0.05) is 0 Å². The second kappa shape index (κ2) is 5.40. The van der Waals surface area contributed by atoms with Gasteiger partial charge in [0.25, 0.3) is 11.5 Å². The summed E-state index contributed by atoms with van der Waals surface area (Å²) >= 11 is 0. The van der Waals surface area contributed by atoms with E-state index in [0.717, 1.165) is 5.56 Å². The largest absolute Gasteiger partial charge is 0.316 e. The molecule has 1 amide bonds.